The molecule has 1 fully saturated rings. The molecule has 0 aliphatic carbocycles. The molecule has 1 heterocycles. The van der Waals surface area contributed by atoms with E-state index in [-0.39, 0.29) is 0 Å². The molecule has 0 bridgehead atoms. The fraction of sp³-hybridized carbons (Fsp3) is 0.625. The van der Waals surface area contributed by atoms with E-state index in [2.05, 4.69) is 31.0 Å². The number of nitrogens with zero attached hydrogens (tertiary/aromatic N) is 1. The summed E-state index contributed by atoms with van der Waals surface area (Å²) >= 11 is 0. The Morgan fingerprint density at radius 2 is 1.84 bits per heavy atom. The molecular weight excluding hydrogens is 238 g/mol. The number of likely N-dealkylation sites (tertiary alicyclic amines) is 1. The molecule has 1 aromatic rings. The monoisotopic (exact) mass is 263 g/mol. The molecule has 0 spiro atoms. The van der Waals surface area contributed by atoms with Crippen LogP contribution in [0.4, 0.5) is 0 Å². The van der Waals surface area contributed by atoms with Crippen LogP contribution in [-0.4, -0.2) is 39.3 Å². The summed E-state index contributed by atoms with van der Waals surface area (Å²) in [6, 6.07) is 6.19. The summed E-state index contributed by atoms with van der Waals surface area (Å²) < 4.78 is 11.0. The van der Waals surface area contributed by atoms with Crippen LogP contribution in [0.5, 0.6) is 11.5 Å². The van der Waals surface area contributed by atoms with Gasteiger partial charge in [-0.3, -0.25) is 0 Å². The van der Waals surface area contributed by atoms with E-state index in [0.717, 1.165) is 17.4 Å². The van der Waals surface area contributed by atoms with Crippen molar-refractivity contribution in [3.63, 3.8) is 0 Å². The van der Waals surface area contributed by atoms with E-state index in [1.54, 1.807) is 14.2 Å². The summed E-state index contributed by atoms with van der Waals surface area (Å²) in [5.41, 5.74) is 1.27. The number of piperidine rings is 1. The molecule has 0 radical (unpaired) electrons. The first kappa shape index (κ1) is 14.2. The van der Waals surface area contributed by atoms with E-state index in [4.69, 9.17) is 9.47 Å². The van der Waals surface area contributed by atoms with Crippen molar-refractivity contribution in [2.75, 3.05) is 34.4 Å². The first-order chi connectivity index (χ1) is 9.17. The Balaban J connectivity index is 2.21. The third-order valence-corrected chi connectivity index (χ3v) is 4.39. The molecule has 1 atom stereocenters. The number of para-hydroxylation sites is 1. The van der Waals surface area contributed by atoms with Crippen molar-refractivity contribution in [2.45, 2.75) is 25.7 Å². The van der Waals surface area contributed by atoms with E-state index < -0.39 is 0 Å². The minimum Gasteiger partial charge on any atom is -0.493 e. The van der Waals surface area contributed by atoms with Gasteiger partial charge in [0, 0.05) is 5.56 Å². The Morgan fingerprint density at radius 3 is 2.42 bits per heavy atom. The van der Waals surface area contributed by atoms with Crippen molar-refractivity contribution in [3.8, 4) is 11.5 Å². The molecule has 0 amide bonds. The maximum absolute atomic E-state index is 5.57. The maximum atomic E-state index is 5.57. The van der Waals surface area contributed by atoms with E-state index in [1.165, 1.54) is 31.5 Å². The van der Waals surface area contributed by atoms with Crippen LogP contribution in [-0.2, 0) is 0 Å². The molecule has 1 aromatic carbocycles. The topological polar surface area (TPSA) is 21.7 Å². The summed E-state index contributed by atoms with van der Waals surface area (Å²) in [6.45, 7) is 4.70. The molecule has 0 N–H and O–H groups in total. The van der Waals surface area contributed by atoms with Gasteiger partial charge in [0.2, 0.25) is 0 Å². The Bertz CT molecular complexity index is 411. The highest BCUT2D eigenvalue weighted by atomic mass is 16.5. The number of hydrogen-bond donors (Lipinski definition) is 0. The van der Waals surface area contributed by atoms with Gasteiger partial charge in [-0.2, -0.15) is 0 Å². The van der Waals surface area contributed by atoms with Crippen LogP contribution in [0.25, 0.3) is 0 Å². The highest BCUT2D eigenvalue weighted by Crippen LogP contribution is 2.40. The maximum Gasteiger partial charge on any atom is 0.164 e. The van der Waals surface area contributed by atoms with Gasteiger partial charge in [-0.25, -0.2) is 0 Å². The molecule has 1 unspecified atom stereocenters. The van der Waals surface area contributed by atoms with E-state index in [1.807, 2.05) is 6.07 Å². The molecule has 0 aromatic heterocycles. The van der Waals surface area contributed by atoms with Gasteiger partial charge in [0.25, 0.3) is 0 Å². The quantitative estimate of drug-likeness (QED) is 0.833. The van der Waals surface area contributed by atoms with Crippen molar-refractivity contribution in [1.29, 1.82) is 0 Å². The number of rotatable bonds is 4. The second kappa shape index (κ2) is 6.29. The van der Waals surface area contributed by atoms with Gasteiger partial charge < -0.3 is 14.4 Å². The zero-order valence-corrected chi connectivity index (χ0v) is 12.5. The van der Waals surface area contributed by atoms with Gasteiger partial charge >= 0.3 is 0 Å². The van der Waals surface area contributed by atoms with Crippen molar-refractivity contribution in [1.82, 2.24) is 4.90 Å². The van der Waals surface area contributed by atoms with Gasteiger partial charge in [-0.15, -0.1) is 0 Å². The lowest BCUT2D eigenvalue weighted by Gasteiger charge is -2.33. The molecule has 0 saturated carbocycles. The molecular formula is C16H25NO2. The van der Waals surface area contributed by atoms with Crippen molar-refractivity contribution >= 4 is 0 Å². The summed E-state index contributed by atoms with van der Waals surface area (Å²) in [7, 11) is 5.62. The van der Waals surface area contributed by atoms with Crippen LogP contribution >= 0.6 is 0 Å². The Morgan fingerprint density at radius 1 is 1.16 bits per heavy atom. The van der Waals surface area contributed by atoms with Crippen LogP contribution in [0.2, 0.25) is 0 Å². The number of benzene rings is 1. The molecule has 1 aliphatic heterocycles. The van der Waals surface area contributed by atoms with E-state index >= 15 is 0 Å². The predicted molar refractivity (Wildman–Crippen MR) is 78.2 cm³/mol. The summed E-state index contributed by atoms with van der Waals surface area (Å²) in [5, 5.41) is 0. The Hall–Kier alpha value is -1.22. The van der Waals surface area contributed by atoms with Crippen LogP contribution in [0.15, 0.2) is 18.2 Å². The standard InChI is InChI=1S/C16H25NO2/c1-12(13-8-10-17(2)11-9-13)14-6-5-7-15(18-3)16(14)19-4/h5-7,12-13H,8-11H2,1-4H3. The van der Waals surface area contributed by atoms with E-state index in [9.17, 15) is 0 Å². The summed E-state index contributed by atoms with van der Waals surface area (Å²) in [5.74, 6) is 2.98. The van der Waals surface area contributed by atoms with Crippen molar-refractivity contribution < 1.29 is 9.47 Å². The molecule has 3 nitrogen and oxygen atoms in total. The third-order valence-electron chi connectivity index (χ3n) is 4.39. The van der Waals surface area contributed by atoms with Crippen molar-refractivity contribution in [2.24, 2.45) is 5.92 Å². The summed E-state index contributed by atoms with van der Waals surface area (Å²) in [6.07, 6.45) is 2.52. The van der Waals surface area contributed by atoms with Gasteiger partial charge in [0.15, 0.2) is 11.5 Å². The van der Waals surface area contributed by atoms with E-state index in [0.29, 0.717) is 5.92 Å². The first-order valence-corrected chi connectivity index (χ1v) is 7.06. The minimum atomic E-state index is 0.513. The van der Waals surface area contributed by atoms with Gasteiger partial charge in [0.05, 0.1) is 14.2 Å². The largest absolute Gasteiger partial charge is 0.493 e. The predicted octanol–water partition coefficient (Wildman–Crippen LogP) is 3.15. The van der Waals surface area contributed by atoms with Crippen LogP contribution in [0.3, 0.4) is 0 Å². The molecule has 2 rings (SSSR count). The average Bonchev–Trinajstić information content (AvgIpc) is 2.46. The highest BCUT2D eigenvalue weighted by molar-refractivity contribution is 5.48. The lowest BCUT2D eigenvalue weighted by molar-refractivity contribution is 0.201. The minimum absolute atomic E-state index is 0.513. The SMILES string of the molecule is COc1cccc(C(C)C2CCN(C)CC2)c1OC. The Kier molecular flexibility index (Phi) is 4.70. The third kappa shape index (κ3) is 3.03. The van der Waals surface area contributed by atoms with Gasteiger partial charge in [-0.1, -0.05) is 19.1 Å². The van der Waals surface area contributed by atoms with Gasteiger partial charge in [-0.05, 0) is 50.9 Å². The van der Waals surface area contributed by atoms with Crippen LogP contribution in [0.1, 0.15) is 31.2 Å². The fourth-order valence-electron chi connectivity index (χ4n) is 3.05. The zero-order chi connectivity index (χ0) is 13.8. The summed E-state index contributed by atoms with van der Waals surface area (Å²) in [4.78, 5) is 2.41. The van der Waals surface area contributed by atoms with Crippen LogP contribution < -0.4 is 9.47 Å². The zero-order valence-electron chi connectivity index (χ0n) is 12.5. The molecule has 1 saturated heterocycles. The lowest BCUT2D eigenvalue weighted by Crippen LogP contribution is -2.32. The normalized spacial score (nSPS) is 19.2. The fourth-order valence-corrected chi connectivity index (χ4v) is 3.05. The molecule has 1 aliphatic rings. The lowest BCUT2D eigenvalue weighted by atomic mass is 9.81. The smallest absolute Gasteiger partial charge is 0.164 e. The number of hydrogen-bond acceptors (Lipinski definition) is 3. The average molecular weight is 263 g/mol. The van der Waals surface area contributed by atoms with Crippen molar-refractivity contribution in [3.05, 3.63) is 23.8 Å². The van der Waals surface area contributed by atoms with Crippen LogP contribution in [0, 0.1) is 5.92 Å². The second-order valence-corrected chi connectivity index (χ2v) is 5.51. The molecule has 19 heavy (non-hydrogen) atoms. The second-order valence-electron chi connectivity index (χ2n) is 5.51. The molecule has 3 heteroatoms. The number of methoxy groups -OCH3 is 2. The number of ether oxygens (including phenoxy) is 2. The molecule has 106 valence electrons. The highest BCUT2D eigenvalue weighted by Gasteiger charge is 2.26. The van der Waals surface area contributed by atoms with Gasteiger partial charge in [0.1, 0.15) is 0 Å². The Labute approximate surface area is 116 Å². The first-order valence-electron chi connectivity index (χ1n) is 7.06.